The van der Waals surface area contributed by atoms with E-state index in [9.17, 15) is 9.18 Å². The molecule has 1 N–H and O–H groups in total. The smallest absolute Gasteiger partial charge is 0.304 e. The number of rotatable bonds is 5. The van der Waals surface area contributed by atoms with Gasteiger partial charge in [-0.25, -0.2) is 14.3 Å². The number of aromatic amines is 1. The number of hydrogen-bond acceptors (Lipinski definition) is 4. The Morgan fingerprint density at radius 1 is 1.22 bits per heavy atom. The van der Waals surface area contributed by atoms with Crippen LogP contribution in [0.5, 0.6) is 0 Å². The Hall–Kier alpha value is -1.99. The molecule has 0 bridgehead atoms. The van der Waals surface area contributed by atoms with Gasteiger partial charge in [-0.15, -0.1) is 0 Å². The number of benzene rings is 1. The number of nitrogens with one attached hydrogen (secondary N) is 1. The third-order valence-corrected chi connectivity index (χ3v) is 4.36. The van der Waals surface area contributed by atoms with Gasteiger partial charge < -0.3 is 4.90 Å². The van der Waals surface area contributed by atoms with Crippen LogP contribution in [-0.4, -0.2) is 57.8 Å². The highest BCUT2D eigenvalue weighted by Crippen LogP contribution is 2.09. The SMILES string of the molecule is CN1CCN(Cc2n[nH]c(=O)n2CCc2ccccc2F)CC1. The van der Waals surface area contributed by atoms with Crippen molar-refractivity contribution < 1.29 is 4.39 Å². The van der Waals surface area contributed by atoms with Gasteiger partial charge in [-0.1, -0.05) is 18.2 Å². The molecule has 1 aromatic carbocycles. The van der Waals surface area contributed by atoms with E-state index in [2.05, 4.69) is 27.0 Å². The fourth-order valence-electron chi connectivity index (χ4n) is 2.84. The third kappa shape index (κ3) is 3.86. The highest BCUT2D eigenvalue weighted by atomic mass is 19.1. The summed E-state index contributed by atoms with van der Waals surface area (Å²) in [5.74, 6) is 0.487. The van der Waals surface area contributed by atoms with Gasteiger partial charge in [0, 0.05) is 32.7 Å². The number of aryl methyl sites for hydroxylation is 1. The standard InChI is InChI=1S/C16H22FN5O/c1-20-8-10-21(11-9-20)12-15-18-19-16(23)22(15)7-6-13-4-2-3-5-14(13)17/h2-5H,6-12H2,1H3,(H,19,23). The Morgan fingerprint density at radius 3 is 2.70 bits per heavy atom. The van der Waals surface area contributed by atoms with Crippen LogP contribution in [0.25, 0.3) is 0 Å². The van der Waals surface area contributed by atoms with Crippen molar-refractivity contribution in [2.45, 2.75) is 19.5 Å². The van der Waals surface area contributed by atoms with Gasteiger partial charge in [-0.2, -0.15) is 5.10 Å². The summed E-state index contributed by atoms with van der Waals surface area (Å²) >= 11 is 0. The van der Waals surface area contributed by atoms with Crippen LogP contribution in [0.4, 0.5) is 4.39 Å². The Morgan fingerprint density at radius 2 is 1.96 bits per heavy atom. The summed E-state index contributed by atoms with van der Waals surface area (Å²) in [5.41, 5.74) is 0.386. The van der Waals surface area contributed by atoms with E-state index in [0.29, 0.717) is 25.1 Å². The molecule has 23 heavy (non-hydrogen) atoms. The molecule has 1 aromatic heterocycles. The van der Waals surface area contributed by atoms with Crippen molar-refractivity contribution in [1.82, 2.24) is 24.6 Å². The maximum atomic E-state index is 13.7. The van der Waals surface area contributed by atoms with Crippen molar-refractivity contribution >= 4 is 0 Å². The molecule has 0 amide bonds. The number of H-pyrrole nitrogens is 1. The van der Waals surface area contributed by atoms with Crippen molar-refractivity contribution in [3.8, 4) is 0 Å². The Bertz CT molecular complexity index is 702. The Labute approximate surface area is 134 Å². The van der Waals surface area contributed by atoms with Crippen LogP contribution in [0.15, 0.2) is 29.1 Å². The zero-order valence-corrected chi connectivity index (χ0v) is 13.3. The molecule has 7 heteroatoms. The van der Waals surface area contributed by atoms with E-state index in [1.807, 2.05) is 6.07 Å². The second-order valence-corrected chi connectivity index (χ2v) is 6.02. The molecule has 0 spiro atoms. The van der Waals surface area contributed by atoms with E-state index in [0.717, 1.165) is 32.0 Å². The monoisotopic (exact) mass is 319 g/mol. The van der Waals surface area contributed by atoms with Gasteiger partial charge in [-0.3, -0.25) is 9.47 Å². The molecular weight excluding hydrogens is 297 g/mol. The average molecular weight is 319 g/mol. The van der Waals surface area contributed by atoms with E-state index < -0.39 is 0 Å². The molecule has 3 rings (SSSR count). The van der Waals surface area contributed by atoms with Crippen LogP contribution >= 0.6 is 0 Å². The molecule has 1 saturated heterocycles. The minimum absolute atomic E-state index is 0.231. The van der Waals surface area contributed by atoms with Crippen LogP contribution in [0.3, 0.4) is 0 Å². The zero-order valence-electron chi connectivity index (χ0n) is 13.3. The number of hydrogen-bond donors (Lipinski definition) is 1. The molecule has 2 heterocycles. The van der Waals surface area contributed by atoms with Gasteiger partial charge in [0.1, 0.15) is 11.6 Å². The first-order valence-corrected chi connectivity index (χ1v) is 7.92. The fourth-order valence-corrected chi connectivity index (χ4v) is 2.84. The van der Waals surface area contributed by atoms with E-state index in [1.54, 1.807) is 16.7 Å². The van der Waals surface area contributed by atoms with Gasteiger partial charge in [0.05, 0.1) is 6.54 Å². The summed E-state index contributed by atoms with van der Waals surface area (Å²) in [6.07, 6.45) is 0.474. The van der Waals surface area contributed by atoms with E-state index in [4.69, 9.17) is 0 Å². The van der Waals surface area contributed by atoms with Gasteiger partial charge >= 0.3 is 5.69 Å². The highest BCUT2D eigenvalue weighted by Gasteiger charge is 2.17. The summed E-state index contributed by atoms with van der Waals surface area (Å²) in [6.45, 7) is 5.03. The molecule has 0 saturated carbocycles. The van der Waals surface area contributed by atoms with Gasteiger partial charge in [0.15, 0.2) is 0 Å². The second kappa shape index (κ2) is 7.06. The zero-order chi connectivity index (χ0) is 16.2. The lowest BCUT2D eigenvalue weighted by molar-refractivity contribution is 0.144. The van der Waals surface area contributed by atoms with Gasteiger partial charge in [-0.05, 0) is 25.1 Å². The molecule has 6 nitrogen and oxygen atoms in total. The first kappa shape index (κ1) is 15.9. The lowest BCUT2D eigenvalue weighted by atomic mass is 10.1. The number of aromatic nitrogens is 3. The van der Waals surface area contributed by atoms with E-state index >= 15 is 0 Å². The predicted molar refractivity (Wildman–Crippen MR) is 85.7 cm³/mol. The van der Waals surface area contributed by atoms with Crippen molar-refractivity contribution in [2.75, 3.05) is 33.2 Å². The predicted octanol–water partition coefficient (Wildman–Crippen LogP) is 0.701. The summed E-state index contributed by atoms with van der Waals surface area (Å²) in [4.78, 5) is 16.5. The van der Waals surface area contributed by atoms with Crippen LogP contribution in [-0.2, 0) is 19.5 Å². The number of piperazine rings is 1. The second-order valence-electron chi connectivity index (χ2n) is 6.02. The van der Waals surface area contributed by atoms with Gasteiger partial charge in [0.25, 0.3) is 0 Å². The van der Waals surface area contributed by atoms with Crippen LogP contribution in [0.2, 0.25) is 0 Å². The first-order valence-electron chi connectivity index (χ1n) is 7.92. The maximum absolute atomic E-state index is 13.7. The molecule has 0 radical (unpaired) electrons. The molecular formula is C16H22FN5O. The molecule has 1 aliphatic heterocycles. The molecule has 2 aromatic rings. The fraction of sp³-hybridized carbons (Fsp3) is 0.500. The summed E-state index contributed by atoms with van der Waals surface area (Å²) in [5, 5.41) is 6.65. The lowest BCUT2D eigenvalue weighted by Crippen LogP contribution is -2.44. The van der Waals surface area contributed by atoms with Crippen molar-refractivity contribution in [2.24, 2.45) is 0 Å². The van der Waals surface area contributed by atoms with Crippen molar-refractivity contribution in [1.29, 1.82) is 0 Å². The topological polar surface area (TPSA) is 57.2 Å². The Kier molecular flexibility index (Phi) is 4.88. The van der Waals surface area contributed by atoms with Crippen molar-refractivity contribution in [3.05, 3.63) is 52.0 Å². The minimum atomic E-state index is -0.232. The molecule has 1 fully saturated rings. The molecule has 124 valence electrons. The largest absolute Gasteiger partial charge is 0.343 e. The quantitative estimate of drug-likeness (QED) is 0.881. The summed E-state index contributed by atoms with van der Waals surface area (Å²) < 4.78 is 15.3. The van der Waals surface area contributed by atoms with E-state index in [1.165, 1.54) is 6.07 Å². The molecule has 0 aliphatic carbocycles. The molecule has 1 aliphatic rings. The number of nitrogens with zero attached hydrogens (tertiary/aromatic N) is 4. The minimum Gasteiger partial charge on any atom is -0.304 e. The molecule has 0 unspecified atom stereocenters. The Balaban J connectivity index is 1.67. The highest BCUT2D eigenvalue weighted by molar-refractivity contribution is 5.17. The van der Waals surface area contributed by atoms with Crippen LogP contribution in [0.1, 0.15) is 11.4 Å². The van der Waals surface area contributed by atoms with Gasteiger partial charge in [0.2, 0.25) is 0 Å². The summed E-state index contributed by atoms with van der Waals surface area (Å²) in [7, 11) is 2.11. The average Bonchev–Trinajstić information content (AvgIpc) is 2.89. The first-order chi connectivity index (χ1) is 11.1. The number of halogens is 1. The van der Waals surface area contributed by atoms with Crippen molar-refractivity contribution in [3.63, 3.8) is 0 Å². The third-order valence-electron chi connectivity index (χ3n) is 4.36. The normalized spacial score (nSPS) is 16.8. The van der Waals surface area contributed by atoms with Crippen LogP contribution in [0, 0.1) is 5.82 Å². The lowest BCUT2D eigenvalue weighted by Gasteiger charge is -2.31. The summed E-state index contributed by atoms with van der Waals surface area (Å²) in [6, 6.07) is 6.67. The number of likely N-dealkylation sites (N-methyl/N-ethyl adjacent to an activating group) is 1. The van der Waals surface area contributed by atoms with Crippen LogP contribution < -0.4 is 5.69 Å². The van der Waals surface area contributed by atoms with E-state index in [-0.39, 0.29) is 11.5 Å². The molecule has 0 atom stereocenters. The maximum Gasteiger partial charge on any atom is 0.343 e.